The molecule has 1 aliphatic rings. The van der Waals surface area contributed by atoms with Crippen LogP contribution in [0.1, 0.15) is 11.1 Å². The maximum atomic E-state index is 13.0. The summed E-state index contributed by atoms with van der Waals surface area (Å²) in [6.45, 7) is 3.69. The van der Waals surface area contributed by atoms with E-state index < -0.39 is 11.3 Å². The summed E-state index contributed by atoms with van der Waals surface area (Å²) in [7, 11) is 0. The van der Waals surface area contributed by atoms with Gasteiger partial charge in [0.25, 0.3) is 11.1 Å². The van der Waals surface area contributed by atoms with Crippen LogP contribution in [0.25, 0.3) is 0 Å². The molecule has 0 bridgehead atoms. The maximum absolute atomic E-state index is 13.0. The van der Waals surface area contributed by atoms with Crippen LogP contribution < -0.4 is 15.5 Å². The highest BCUT2D eigenvalue weighted by molar-refractivity contribution is 8.16. The quantitative estimate of drug-likeness (QED) is 0.876. The number of carbonyl (C=O) groups is 3. The number of hydrogen-bond donors (Lipinski definition) is 1. The van der Waals surface area contributed by atoms with E-state index in [4.69, 9.17) is 5.73 Å². The summed E-state index contributed by atoms with van der Waals surface area (Å²) in [6, 6.07) is 14.6. The summed E-state index contributed by atoms with van der Waals surface area (Å²) in [5.74, 6) is -0.951. The smallest absolute Gasteiger partial charge is 0.295 e. The van der Waals surface area contributed by atoms with Gasteiger partial charge in [-0.2, -0.15) is 0 Å². The Morgan fingerprint density at radius 1 is 1.12 bits per heavy atom. The van der Waals surface area contributed by atoms with Crippen LogP contribution in [0.2, 0.25) is 0 Å². The third-order valence-electron chi connectivity index (χ3n) is 4.06. The molecule has 0 unspecified atom stereocenters. The van der Waals surface area contributed by atoms with Crippen molar-refractivity contribution in [2.75, 3.05) is 16.3 Å². The molecule has 3 amide bonds. The van der Waals surface area contributed by atoms with Gasteiger partial charge in [0.15, 0.2) is 5.37 Å². The number of thioether (sulfide) groups is 1. The molecule has 1 aliphatic heterocycles. The first-order chi connectivity index (χ1) is 12.4. The van der Waals surface area contributed by atoms with Gasteiger partial charge >= 0.3 is 0 Å². The summed E-state index contributed by atoms with van der Waals surface area (Å²) in [5, 5.41) is -1.20. The zero-order valence-electron chi connectivity index (χ0n) is 14.5. The van der Waals surface area contributed by atoms with E-state index in [2.05, 4.69) is 0 Å². The Morgan fingerprint density at radius 3 is 2.42 bits per heavy atom. The number of benzene rings is 2. The van der Waals surface area contributed by atoms with Crippen molar-refractivity contribution in [2.45, 2.75) is 19.2 Å². The largest absolute Gasteiger partial charge is 0.368 e. The number of nitrogens with zero attached hydrogens (tertiary/aromatic N) is 2. The molecule has 0 spiro atoms. The third kappa shape index (κ3) is 3.57. The Labute approximate surface area is 156 Å². The molecule has 1 heterocycles. The van der Waals surface area contributed by atoms with Crippen molar-refractivity contribution in [3.05, 3.63) is 59.7 Å². The molecule has 0 aromatic heterocycles. The first kappa shape index (κ1) is 18.0. The van der Waals surface area contributed by atoms with E-state index in [0.717, 1.165) is 27.8 Å². The maximum Gasteiger partial charge on any atom is 0.295 e. The fraction of sp³-hybridized carbons (Fsp3) is 0.211. The summed E-state index contributed by atoms with van der Waals surface area (Å²) in [6.07, 6.45) is 0. The molecule has 6 nitrogen and oxygen atoms in total. The molecule has 2 aromatic rings. The third-order valence-corrected chi connectivity index (χ3v) is 5.12. The molecule has 2 aromatic carbocycles. The van der Waals surface area contributed by atoms with E-state index in [1.54, 1.807) is 23.1 Å². The van der Waals surface area contributed by atoms with E-state index in [1.165, 1.54) is 0 Å². The van der Waals surface area contributed by atoms with E-state index in [0.29, 0.717) is 11.4 Å². The Kier molecular flexibility index (Phi) is 4.99. The van der Waals surface area contributed by atoms with E-state index in [-0.39, 0.29) is 17.7 Å². The van der Waals surface area contributed by atoms with Crippen LogP contribution in [0.5, 0.6) is 0 Å². The Balaban J connectivity index is 1.95. The normalized spacial score (nSPS) is 16.8. The van der Waals surface area contributed by atoms with Gasteiger partial charge in [-0.3, -0.25) is 14.4 Å². The molecule has 134 valence electrons. The number of carbonyl (C=O) groups excluding carboxylic acids is 3. The fourth-order valence-corrected chi connectivity index (χ4v) is 3.83. The standard InChI is InChI=1S/C19H19N3O3S/c1-12-6-8-14(9-7-12)21(11-16(20)23)18-17(24)22(19(25)26-18)15-5-3-4-13(2)10-15/h3-10,18H,11H2,1-2H3,(H2,20,23)/t18-/m1/s1. The average Bonchev–Trinajstić information content (AvgIpc) is 2.88. The highest BCUT2D eigenvalue weighted by atomic mass is 32.2. The lowest BCUT2D eigenvalue weighted by Gasteiger charge is -2.27. The van der Waals surface area contributed by atoms with Crippen LogP contribution in [-0.4, -0.2) is 29.0 Å². The molecular formula is C19H19N3O3S. The predicted molar refractivity (Wildman–Crippen MR) is 103 cm³/mol. The summed E-state index contributed by atoms with van der Waals surface area (Å²) in [4.78, 5) is 39.8. The van der Waals surface area contributed by atoms with Crippen molar-refractivity contribution in [2.24, 2.45) is 5.73 Å². The first-order valence-electron chi connectivity index (χ1n) is 8.09. The van der Waals surface area contributed by atoms with Crippen LogP contribution in [-0.2, 0) is 9.59 Å². The van der Waals surface area contributed by atoms with Gasteiger partial charge in [-0.05, 0) is 55.4 Å². The minimum absolute atomic E-state index is 0.151. The number of imide groups is 1. The van der Waals surface area contributed by atoms with Gasteiger partial charge in [-0.15, -0.1) is 0 Å². The highest BCUT2D eigenvalue weighted by Crippen LogP contribution is 2.36. The van der Waals surface area contributed by atoms with E-state index in [1.807, 2.05) is 44.2 Å². The number of hydrogen-bond acceptors (Lipinski definition) is 5. The van der Waals surface area contributed by atoms with Gasteiger partial charge in [0.2, 0.25) is 5.91 Å². The van der Waals surface area contributed by atoms with Crippen LogP contribution in [0.15, 0.2) is 48.5 Å². The number of anilines is 2. The molecule has 1 fully saturated rings. The number of primary amides is 1. The monoisotopic (exact) mass is 369 g/mol. The SMILES string of the molecule is Cc1ccc(N(CC(N)=O)[C@@H]2SC(=O)N(c3cccc(C)c3)C2=O)cc1. The molecule has 0 radical (unpaired) electrons. The van der Waals surface area contributed by atoms with Crippen molar-refractivity contribution in [1.82, 2.24) is 0 Å². The molecule has 1 saturated heterocycles. The molecule has 2 N–H and O–H groups in total. The Hall–Kier alpha value is -2.80. The second-order valence-corrected chi connectivity index (χ2v) is 7.21. The minimum Gasteiger partial charge on any atom is -0.368 e. The number of rotatable bonds is 5. The summed E-state index contributed by atoms with van der Waals surface area (Å²) in [5.41, 5.74) is 8.57. The van der Waals surface area contributed by atoms with Gasteiger partial charge in [-0.1, -0.05) is 29.8 Å². The van der Waals surface area contributed by atoms with Crippen molar-refractivity contribution in [3.63, 3.8) is 0 Å². The molecule has 0 aliphatic carbocycles. The number of aryl methyl sites for hydroxylation is 2. The van der Waals surface area contributed by atoms with Crippen molar-refractivity contribution < 1.29 is 14.4 Å². The average molecular weight is 369 g/mol. The molecule has 3 rings (SSSR count). The predicted octanol–water partition coefficient (Wildman–Crippen LogP) is 2.82. The van der Waals surface area contributed by atoms with Crippen molar-refractivity contribution >= 4 is 40.2 Å². The van der Waals surface area contributed by atoms with Gasteiger partial charge in [0.1, 0.15) is 0 Å². The molecule has 26 heavy (non-hydrogen) atoms. The molecular weight excluding hydrogens is 350 g/mol. The zero-order valence-corrected chi connectivity index (χ0v) is 15.3. The lowest BCUT2D eigenvalue weighted by Crippen LogP contribution is -2.45. The second kappa shape index (κ2) is 7.21. The lowest BCUT2D eigenvalue weighted by molar-refractivity contribution is -0.117. The van der Waals surface area contributed by atoms with Crippen LogP contribution in [0.3, 0.4) is 0 Å². The molecule has 0 saturated carbocycles. The Morgan fingerprint density at radius 2 is 1.81 bits per heavy atom. The number of nitrogens with two attached hydrogens (primary N) is 1. The van der Waals surface area contributed by atoms with E-state index >= 15 is 0 Å². The minimum atomic E-state index is -0.835. The highest BCUT2D eigenvalue weighted by Gasteiger charge is 2.44. The topological polar surface area (TPSA) is 83.7 Å². The molecule has 1 atom stereocenters. The van der Waals surface area contributed by atoms with Gasteiger partial charge in [0, 0.05) is 5.69 Å². The Bertz CT molecular complexity index is 867. The van der Waals surface area contributed by atoms with Crippen molar-refractivity contribution in [1.29, 1.82) is 0 Å². The fourth-order valence-electron chi connectivity index (χ4n) is 2.81. The van der Waals surface area contributed by atoms with Gasteiger partial charge < -0.3 is 10.6 Å². The summed E-state index contributed by atoms with van der Waals surface area (Å²) >= 11 is 0.887. The zero-order chi connectivity index (χ0) is 18.8. The molecule has 7 heteroatoms. The van der Waals surface area contributed by atoms with Crippen LogP contribution in [0, 0.1) is 13.8 Å². The van der Waals surface area contributed by atoms with Gasteiger partial charge in [0.05, 0.1) is 12.2 Å². The van der Waals surface area contributed by atoms with Crippen molar-refractivity contribution in [3.8, 4) is 0 Å². The number of amides is 3. The van der Waals surface area contributed by atoms with Crippen LogP contribution in [0.4, 0.5) is 16.2 Å². The van der Waals surface area contributed by atoms with Crippen LogP contribution >= 0.6 is 11.8 Å². The second-order valence-electron chi connectivity index (χ2n) is 6.18. The first-order valence-corrected chi connectivity index (χ1v) is 8.97. The van der Waals surface area contributed by atoms with Gasteiger partial charge in [-0.25, -0.2) is 4.90 Å². The lowest BCUT2D eigenvalue weighted by atomic mass is 10.2. The van der Waals surface area contributed by atoms with E-state index in [9.17, 15) is 14.4 Å². The summed E-state index contributed by atoms with van der Waals surface area (Å²) < 4.78 is 0.